The van der Waals surface area contributed by atoms with E-state index in [2.05, 4.69) is 15.6 Å². The zero-order valence-electron chi connectivity index (χ0n) is 16.8. The fourth-order valence-electron chi connectivity index (χ4n) is 3.19. The van der Waals surface area contributed by atoms with Crippen molar-refractivity contribution < 1.29 is 31.6 Å². The average Bonchev–Trinajstić information content (AvgIpc) is 3.40. The van der Waals surface area contributed by atoms with Crippen molar-refractivity contribution in [1.82, 2.24) is 14.9 Å². The molecule has 0 unspecified atom stereocenters. The summed E-state index contributed by atoms with van der Waals surface area (Å²) in [6.07, 6.45) is -3.12. The summed E-state index contributed by atoms with van der Waals surface area (Å²) < 4.78 is 59.8. The van der Waals surface area contributed by atoms with E-state index in [-0.39, 0.29) is 23.6 Å². The van der Waals surface area contributed by atoms with E-state index in [0.717, 1.165) is 18.2 Å². The normalized spacial score (nSPS) is 11.5. The quantitative estimate of drug-likeness (QED) is 0.422. The molecule has 11 heteroatoms. The van der Waals surface area contributed by atoms with Gasteiger partial charge in [-0.15, -0.1) is 0 Å². The van der Waals surface area contributed by atoms with Gasteiger partial charge in [-0.1, -0.05) is 12.1 Å². The van der Waals surface area contributed by atoms with Crippen molar-refractivity contribution in [2.24, 2.45) is 0 Å². The molecule has 170 valence electrons. The van der Waals surface area contributed by atoms with Crippen LogP contribution in [0.3, 0.4) is 0 Å². The van der Waals surface area contributed by atoms with Gasteiger partial charge in [0.15, 0.2) is 0 Å². The lowest BCUT2D eigenvalue weighted by Gasteiger charge is -2.10. The first-order valence-corrected chi connectivity index (χ1v) is 9.65. The van der Waals surface area contributed by atoms with Gasteiger partial charge in [-0.3, -0.25) is 14.9 Å². The van der Waals surface area contributed by atoms with Crippen molar-refractivity contribution in [2.45, 2.75) is 12.7 Å². The number of imidazole rings is 1. The number of hydrogen-bond acceptors (Lipinski definition) is 4. The maximum atomic E-state index is 13.7. The predicted octanol–water partition coefficient (Wildman–Crippen LogP) is 4.20. The summed E-state index contributed by atoms with van der Waals surface area (Å²) in [4.78, 5) is 28.6. The van der Waals surface area contributed by atoms with Crippen LogP contribution in [0.25, 0.3) is 11.0 Å². The lowest BCUT2D eigenvalue weighted by Crippen LogP contribution is -2.33. The van der Waals surface area contributed by atoms with Gasteiger partial charge in [0.25, 0.3) is 5.91 Å². The van der Waals surface area contributed by atoms with Gasteiger partial charge in [0.2, 0.25) is 11.9 Å². The molecule has 0 fully saturated rings. The van der Waals surface area contributed by atoms with E-state index in [1.165, 1.54) is 35.1 Å². The Morgan fingerprint density at radius 2 is 1.85 bits per heavy atom. The molecule has 2 heterocycles. The number of furan rings is 1. The summed E-state index contributed by atoms with van der Waals surface area (Å²) >= 11 is 0. The number of aromatic nitrogens is 2. The van der Waals surface area contributed by atoms with Gasteiger partial charge in [-0.2, -0.15) is 13.2 Å². The molecule has 33 heavy (non-hydrogen) atoms. The number of carbonyl (C=O) groups excluding carboxylic acids is 2. The molecule has 0 spiro atoms. The first kappa shape index (κ1) is 22.1. The van der Waals surface area contributed by atoms with Crippen molar-refractivity contribution in [2.75, 3.05) is 11.9 Å². The van der Waals surface area contributed by atoms with Crippen molar-refractivity contribution in [3.63, 3.8) is 0 Å². The number of hydrogen-bond donors (Lipinski definition) is 2. The summed E-state index contributed by atoms with van der Waals surface area (Å²) in [6, 6.07) is 11.6. The molecule has 0 aliphatic rings. The van der Waals surface area contributed by atoms with Crippen molar-refractivity contribution in [3.8, 4) is 0 Å². The number of rotatable bonds is 6. The van der Waals surface area contributed by atoms with Crippen LogP contribution in [0.5, 0.6) is 0 Å². The van der Waals surface area contributed by atoms with Crippen LogP contribution in [0.1, 0.15) is 21.7 Å². The van der Waals surface area contributed by atoms with Crippen LogP contribution in [-0.4, -0.2) is 27.9 Å². The van der Waals surface area contributed by atoms with E-state index in [1.54, 1.807) is 12.1 Å². The van der Waals surface area contributed by atoms with E-state index < -0.39 is 35.9 Å². The summed E-state index contributed by atoms with van der Waals surface area (Å²) in [6.45, 7) is -0.420. The number of alkyl halides is 3. The number of fused-ring (bicyclic) bond motifs is 1. The van der Waals surface area contributed by atoms with Gasteiger partial charge >= 0.3 is 6.18 Å². The van der Waals surface area contributed by atoms with E-state index in [9.17, 15) is 27.2 Å². The first-order valence-electron chi connectivity index (χ1n) is 9.65. The highest BCUT2D eigenvalue weighted by molar-refractivity contribution is 5.99. The van der Waals surface area contributed by atoms with Crippen molar-refractivity contribution in [3.05, 3.63) is 83.6 Å². The van der Waals surface area contributed by atoms with Crippen molar-refractivity contribution in [1.29, 1.82) is 0 Å². The molecule has 0 aliphatic carbocycles. The molecule has 0 saturated heterocycles. The summed E-state index contributed by atoms with van der Waals surface area (Å²) in [5.74, 6) is -1.78. The average molecular weight is 460 g/mol. The fourth-order valence-corrected chi connectivity index (χ4v) is 3.19. The summed E-state index contributed by atoms with van der Waals surface area (Å²) in [5.41, 5.74) is -0.755. The summed E-state index contributed by atoms with van der Waals surface area (Å²) in [7, 11) is 0. The van der Waals surface area contributed by atoms with E-state index in [1.807, 2.05) is 0 Å². The standard InChI is InChI=1S/C22H16F4N4O3/c23-16-6-2-1-5-15(16)20(32)27-11-19(31)29-21-28-17-10-13(22(24,25)26)7-8-18(17)30(21)12-14-4-3-9-33-14/h1-10H,11-12H2,(H,27,32)(H,28,29,31). The molecule has 0 atom stereocenters. The second kappa shape index (κ2) is 8.77. The second-order valence-corrected chi connectivity index (χ2v) is 7.01. The molecular formula is C22H16F4N4O3. The Kier molecular flexibility index (Phi) is 5.86. The Hall–Kier alpha value is -4.15. The van der Waals surface area contributed by atoms with Crippen LogP contribution in [0.4, 0.5) is 23.5 Å². The smallest absolute Gasteiger partial charge is 0.416 e. The lowest BCUT2D eigenvalue weighted by atomic mass is 10.2. The fraction of sp³-hybridized carbons (Fsp3) is 0.136. The number of carbonyl (C=O) groups is 2. The molecule has 0 aliphatic heterocycles. The number of nitrogens with zero attached hydrogens (tertiary/aromatic N) is 2. The van der Waals surface area contributed by atoms with Crippen LogP contribution >= 0.6 is 0 Å². The van der Waals surface area contributed by atoms with Gasteiger partial charge in [-0.05, 0) is 42.5 Å². The molecule has 4 rings (SSSR count). The zero-order valence-corrected chi connectivity index (χ0v) is 16.8. The Morgan fingerprint density at radius 1 is 1.06 bits per heavy atom. The van der Waals surface area contributed by atoms with E-state index in [4.69, 9.17) is 4.42 Å². The highest BCUT2D eigenvalue weighted by atomic mass is 19.4. The van der Waals surface area contributed by atoms with Crippen LogP contribution in [0.2, 0.25) is 0 Å². The predicted molar refractivity (Wildman–Crippen MR) is 110 cm³/mol. The Labute approximate surface area is 184 Å². The van der Waals surface area contributed by atoms with E-state index in [0.29, 0.717) is 11.3 Å². The minimum Gasteiger partial charge on any atom is -0.467 e. The molecule has 4 aromatic rings. The molecule has 2 aromatic carbocycles. The van der Waals surface area contributed by atoms with Crippen molar-refractivity contribution >= 4 is 28.8 Å². The molecule has 2 aromatic heterocycles. The van der Waals surface area contributed by atoms with Gasteiger partial charge in [0.1, 0.15) is 11.6 Å². The minimum atomic E-state index is -4.56. The number of halogens is 4. The molecule has 7 nitrogen and oxygen atoms in total. The van der Waals surface area contributed by atoms with Crippen LogP contribution in [0.15, 0.2) is 65.3 Å². The van der Waals surface area contributed by atoms with Crippen LogP contribution in [-0.2, 0) is 17.5 Å². The topological polar surface area (TPSA) is 89.2 Å². The highest BCUT2D eigenvalue weighted by Crippen LogP contribution is 2.32. The van der Waals surface area contributed by atoms with Gasteiger partial charge in [0, 0.05) is 0 Å². The Bertz CT molecular complexity index is 1310. The monoisotopic (exact) mass is 460 g/mol. The Balaban J connectivity index is 1.57. The molecule has 0 radical (unpaired) electrons. The lowest BCUT2D eigenvalue weighted by molar-refractivity contribution is -0.137. The molecular weight excluding hydrogens is 444 g/mol. The highest BCUT2D eigenvalue weighted by Gasteiger charge is 2.31. The van der Waals surface area contributed by atoms with E-state index >= 15 is 0 Å². The van der Waals surface area contributed by atoms with Crippen LogP contribution in [0, 0.1) is 5.82 Å². The molecule has 0 saturated carbocycles. The van der Waals surface area contributed by atoms with Gasteiger partial charge in [0.05, 0.1) is 41.5 Å². The third-order valence-electron chi connectivity index (χ3n) is 4.75. The molecule has 0 bridgehead atoms. The summed E-state index contributed by atoms with van der Waals surface area (Å²) in [5, 5.41) is 4.77. The Morgan fingerprint density at radius 3 is 2.55 bits per heavy atom. The maximum Gasteiger partial charge on any atom is 0.416 e. The zero-order chi connectivity index (χ0) is 23.6. The minimum absolute atomic E-state index is 0.0158. The molecule has 2 amide bonds. The second-order valence-electron chi connectivity index (χ2n) is 7.01. The third kappa shape index (κ3) is 4.86. The first-order chi connectivity index (χ1) is 15.7. The maximum absolute atomic E-state index is 13.7. The molecule has 2 N–H and O–H groups in total. The van der Waals surface area contributed by atoms with Gasteiger partial charge < -0.3 is 14.3 Å². The van der Waals surface area contributed by atoms with Crippen LogP contribution < -0.4 is 10.6 Å². The number of benzene rings is 2. The number of amides is 2. The largest absolute Gasteiger partial charge is 0.467 e. The SMILES string of the molecule is O=C(CNC(=O)c1ccccc1F)Nc1nc2cc(C(F)(F)F)ccc2n1Cc1ccco1. The number of anilines is 1. The van der Waals surface area contributed by atoms with Gasteiger partial charge in [-0.25, -0.2) is 9.37 Å². The third-order valence-corrected chi connectivity index (χ3v) is 4.75. The number of nitrogens with one attached hydrogen (secondary N) is 2.